The number of benzene rings is 1. The Hall–Kier alpha value is -2.67. The number of nitrogens with two attached hydrogens (primary N) is 1. The van der Waals surface area contributed by atoms with Crippen molar-refractivity contribution in [1.29, 1.82) is 0 Å². The molecule has 1 unspecified atom stereocenters. The zero-order valence-corrected chi connectivity index (χ0v) is 13.2. The van der Waals surface area contributed by atoms with Crippen LogP contribution < -0.4 is 11.1 Å². The fraction of sp³-hybridized carbons (Fsp3) is 0.312. The normalized spacial score (nSPS) is 12.4. The summed E-state index contributed by atoms with van der Waals surface area (Å²) in [6, 6.07) is 10.1. The highest BCUT2D eigenvalue weighted by atomic mass is 16.5. The van der Waals surface area contributed by atoms with Crippen LogP contribution in [0.2, 0.25) is 0 Å². The molecular formula is C16H20N6O. The number of hydrogen-bond acceptors (Lipinski definition) is 6. The lowest BCUT2D eigenvalue weighted by Crippen LogP contribution is -2.17. The van der Waals surface area contributed by atoms with E-state index in [0.717, 1.165) is 10.9 Å². The van der Waals surface area contributed by atoms with Gasteiger partial charge in [-0.1, -0.05) is 30.3 Å². The quantitative estimate of drug-likeness (QED) is 0.724. The van der Waals surface area contributed by atoms with E-state index in [1.807, 2.05) is 44.3 Å². The maximum absolute atomic E-state index is 5.97. The second-order valence-electron chi connectivity index (χ2n) is 5.17. The summed E-state index contributed by atoms with van der Waals surface area (Å²) in [5, 5.41) is 8.11. The van der Waals surface area contributed by atoms with E-state index in [9.17, 15) is 0 Å². The van der Waals surface area contributed by atoms with E-state index in [4.69, 9.17) is 10.5 Å². The standard InChI is InChI=1S/C16H20N6O/c1-3-23-13(11-7-5-4-6-8-11)10-18-16-20-14(17)12-9-19-22(2)15(12)21-16/h4-9,13H,3,10H2,1-2H3,(H3,17,18,20,21). The summed E-state index contributed by atoms with van der Waals surface area (Å²) < 4.78 is 7.49. The largest absolute Gasteiger partial charge is 0.383 e. The van der Waals surface area contributed by atoms with E-state index in [1.54, 1.807) is 10.9 Å². The minimum absolute atomic E-state index is 0.0757. The number of aromatic nitrogens is 4. The van der Waals surface area contributed by atoms with Gasteiger partial charge in [-0.3, -0.25) is 4.68 Å². The van der Waals surface area contributed by atoms with Crippen molar-refractivity contribution in [2.24, 2.45) is 7.05 Å². The summed E-state index contributed by atoms with van der Waals surface area (Å²) in [5.74, 6) is 0.887. The minimum Gasteiger partial charge on any atom is -0.383 e. The number of hydrogen-bond donors (Lipinski definition) is 2. The Bertz CT molecular complexity index is 786. The monoisotopic (exact) mass is 312 g/mol. The van der Waals surface area contributed by atoms with Crippen molar-refractivity contribution in [1.82, 2.24) is 19.7 Å². The Morgan fingerprint density at radius 1 is 1.26 bits per heavy atom. The van der Waals surface area contributed by atoms with Gasteiger partial charge in [0, 0.05) is 20.2 Å². The molecule has 0 aliphatic heterocycles. The molecule has 1 aromatic carbocycles. The first kappa shape index (κ1) is 15.2. The molecule has 2 heterocycles. The highest BCUT2D eigenvalue weighted by Gasteiger charge is 2.13. The lowest BCUT2D eigenvalue weighted by Gasteiger charge is -2.18. The fourth-order valence-corrected chi connectivity index (χ4v) is 2.45. The van der Waals surface area contributed by atoms with Crippen molar-refractivity contribution in [3.8, 4) is 0 Å². The number of anilines is 2. The molecule has 3 rings (SSSR count). The van der Waals surface area contributed by atoms with Gasteiger partial charge in [-0.2, -0.15) is 15.1 Å². The van der Waals surface area contributed by atoms with Gasteiger partial charge in [0.05, 0.1) is 17.7 Å². The van der Waals surface area contributed by atoms with Crippen LogP contribution in [0.3, 0.4) is 0 Å². The van der Waals surface area contributed by atoms with Gasteiger partial charge < -0.3 is 15.8 Å². The minimum atomic E-state index is -0.0757. The van der Waals surface area contributed by atoms with Crippen LogP contribution >= 0.6 is 0 Å². The molecule has 0 bridgehead atoms. The summed E-state index contributed by atoms with van der Waals surface area (Å²) in [5.41, 5.74) is 7.78. The van der Waals surface area contributed by atoms with Gasteiger partial charge in [-0.15, -0.1) is 0 Å². The Kier molecular flexibility index (Phi) is 4.38. The molecule has 3 aromatic rings. The molecule has 2 aromatic heterocycles. The molecule has 0 aliphatic rings. The first-order valence-electron chi connectivity index (χ1n) is 7.54. The van der Waals surface area contributed by atoms with E-state index >= 15 is 0 Å². The maximum Gasteiger partial charge on any atom is 0.226 e. The average Bonchev–Trinajstić information content (AvgIpc) is 2.94. The average molecular weight is 312 g/mol. The first-order chi connectivity index (χ1) is 11.2. The van der Waals surface area contributed by atoms with E-state index in [1.165, 1.54) is 0 Å². The van der Waals surface area contributed by atoms with E-state index in [0.29, 0.717) is 30.6 Å². The molecule has 120 valence electrons. The van der Waals surface area contributed by atoms with Crippen LogP contribution in [0.1, 0.15) is 18.6 Å². The van der Waals surface area contributed by atoms with E-state index in [2.05, 4.69) is 20.4 Å². The third-order valence-electron chi connectivity index (χ3n) is 3.61. The van der Waals surface area contributed by atoms with Gasteiger partial charge in [-0.05, 0) is 12.5 Å². The molecule has 0 amide bonds. The third-order valence-corrected chi connectivity index (χ3v) is 3.61. The Morgan fingerprint density at radius 2 is 2.04 bits per heavy atom. The zero-order chi connectivity index (χ0) is 16.2. The molecule has 0 saturated carbocycles. The number of fused-ring (bicyclic) bond motifs is 1. The highest BCUT2D eigenvalue weighted by molar-refractivity contribution is 5.86. The second kappa shape index (κ2) is 6.62. The Labute approximate surface area is 134 Å². The Balaban J connectivity index is 1.79. The molecule has 3 N–H and O–H groups in total. The van der Waals surface area contributed by atoms with Gasteiger partial charge >= 0.3 is 0 Å². The highest BCUT2D eigenvalue weighted by Crippen LogP contribution is 2.20. The molecule has 0 fully saturated rings. The summed E-state index contributed by atoms with van der Waals surface area (Å²) in [4.78, 5) is 8.75. The molecule has 0 spiro atoms. The van der Waals surface area contributed by atoms with Crippen molar-refractivity contribution >= 4 is 22.8 Å². The second-order valence-corrected chi connectivity index (χ2v) is 5.17. The van der Waals surface area contributed by atoms with Crippen molar-refractivity contribution in [2.45, 2.75) is 13.0 Å². The topological polar surface area (TPSA) is 90.9 Å². The number of nitrogens with one attached hydrogen (secondary N) is 1. The van der Waals surface area contributed by atoms with Crippen LogP contribution in [-0.4, -0.2) is 32.9 Å². The van der Waals surface area contributed by atoms with Gasteiger partial charge in [0.1, 0.15) is 5.82 Å². The first-order valence-corrected chi connectivity index (χ1v) is 7.54. The number of nitrogens with zero attached hydrogens (tertiary/aromatic N) is 4. The van der Waals surface area contributed by atoms with Crippen molar-refractivity contribution in [2.75, 3.05) is 24.2 Å². The van der Waals surface area contributed by atoms with Crippen LogP contribution in [0, 0.1) is 0 Å². The fourth-order valence-electron chi connectivity index (χ4n) is 2.45. The maximum atomic E-state index is 5.97. The van der Waals surface area contributed by atoms with Gasteiger partial charge in [0.15, 0.2) is 5.65 Å². The van der Waals surface area contributed by atoms with Crippen LogP contribution in [0.25, 0.3) is 11.0 Å². The predicted molar refractivity (Wildman–Crippen MR) is 90.0 cm³/mol. The summed E-state index contributed by atoms with van der Waals surface area (Å²) in [6.45, 7) is 3.16. The van der Waals surface area contributed by atoms with E-state index in [-0.39, 0.29) is 6.10 Å². The summed E-state index contributed by atoms with van der Waals surface area (Å²) in [6.07, 6.45) is 1.59. The molecule has 0 radical (unpaired) electrons. The molecule has 7 nitrogen and oxygen atoms in total. The van der Waals surface area contributed by atoms with Crippen LogP contribution in [-0.2, 0) is 11.8 Å². The van der Waals surface area contributed by atoms with Crippen LogP contribution in [0.5, 0.6) is 0 Å². The summed E-state index contributed by atoms with van der Waals surface area (Å²) >= 11 is 0. The molecule has 23 heavy (non-hydrogen) atoms. The number of ether oxygens (including phenoxy) is 1. The molecule has 1 atom stereocenters. The zero-order valence-electron chi connectivity index (χ0n) is 13.2. The third kappa shape index (κ3) is 3.24. The van der Waals surface area contributed by atoms with Gasteiger partial charge in [-0.25, -0.2) is 0 Å². The number of aryl methyl sites for hydroxylation is 1. The van der Waals surface area contributed by atoms with Gasteiger partial charge in [0.2, 0.25) is 5.95 Å². The van der Waals surface area contributed by atoms with Crippen LogP contribution in [0.15, 0.2) is 36.5 Å². The number of rotatable bonds is 6. The number of nitrogen functional groups attached to an aromatic ring is 1. The Morgan fingerprint density at radius 3 is 2.78 bits per heavy atom. The molecule has 7 heteroatoms. The molecular weight excluding hydrogens is 292 g/mol. The van der Waals surface area contributed by atoms with E-state index < -0.39 is 0 Å². The summed E-state index contributed by atoms with van der Waals surface area (Å²) in [7, 11) is 1.82. The predicted octanol–water partition coefficient (Wildman–Crippen LogP) is 2.14. The van der Waals surface area contributed by atoms with Gasteiger partial charge in [0.25, 0.3) is 0 Å². The molecule has 0 aliphatic carbocycles. The molecule has 0 saturated heterocycles. The van der Waals surface area contributed by atoms with Crippen molar-refractivity contribution in [3.05, 3.63) is 42.1 Å². The SMILES string of the molecule is CCOC(CNc1nc(N)c2cnn(C)c2n1)c1ccccc1. The van der Waals surface area contributed by atoms with Crippen molar-refractivity contribution < 1.29 is 4.74 Å². The lowest BCUT2D eigenvalue weighted by atomic mass is 10.1. The smallest absolute Gasteiger partial charge is 0.226 e. The lowest BCUT2D eigenvalue weighted by molar-refractivity contribution is 0.0718. The van der Waals surface area contributed by atoms with Crippen LogP contribution in [0.4, 0.5) is 11.8 Å². The van der Waals surface area contributed by atoms with Crippen molar-refractivity contribution in [3.63, 3.8) is 0 Å².